The van der Waals surface area contributed by atoms with E-state index in [9.17, 15) is 28.9 Å². The van der Waals surface area contributed by atoms with Crippen LogP contribution < -0.4 is 0 Å². The molecule has 0 aliphatic rings. The monoisotopic (exact) mass is 1090 g/mol. The third kappa shape index (κ3) is 56.2. The van der Waals surface area contributed by atoms with Crippen LogP contribution in [0.4, 0.5) is 0 Å². The molecule has 12 heteroatoms. The van der Waals surface area contributed by atoms with Gasteiger partial charge >= 0.3 is 25.7 Å². The van der Waals surface area contributed by atoms with E-state index in [2.05, 4.69) is 69.4 Å². The van der Waals surface area contributed by atoms with Gasteiger partial charge in [-0.3, -0.25) is 23.4 Å². The first-order valence-electron chi connectivity index (χ1n) is 31.5. The lowest BCUT2D eigenvalue weighted by Gasteiger charge is -2.21. The maximum atomic E-state index is 12.9. The molecule has 0 aliphatic carbocycles. The molecule has 0 rings (SSSR count). The van der Waals surface area contributed by atoms with Gasteiger partial charge in [0.2, 0.25) is 0 Å². The number of hydrogen-bond acceptors (Lipinski definition) is 10. The zero-order valence-corrected chi connectivity index (χ0v) is 50.1. The number of allylic oxidation sites excluding steroid dienone is 8. The predicted octanol–water partition coefficient (Wildman–Crippen LogP) is 18.9. The maximum Gasteiger partial charge on any atom is 0.472 e. The first-order chi connectivity index (χ1) is 37.2. The Balaban J connectivity index is 4.69. The summed E-state index contributed by atoms with van der Waals surface area (Å²) in [7, 11) is -4.75. The lowest BCUT2D eigenvalue weighted by atomic mass is 10.0. The number of phosphoric acid groups is 1. The van der Waals surface area contributed by atoms with Gasteiger partial charge in [0.1, 0.15) is 12.7 Å². The first kappa shape index (κ1) is 73.4. The highest BCUT2D eigenvalue weighted by atomic mass is 31.2. The summed E-state index contributed by atoms with van der Waals surface area (Å²) in [6, 6.07) is 0. The molecule has 0 saturated carbocycles. The second-order valence-electron chi connectivity index (χ2n) is 21.2. The van der Waals surface area contributed by atoms with Gasteiger partial charge in [0.15, 0.2) is 6.10 Å². The van der Waals surface area contributed by atoms with E-state index in [-0.39, 0.29) is 25.9 Å². The molecule has 3 atom stereocenters. The van der Waals surface area contributed by atoms with Crippen LogP contribution in [-0.2, 0) is 42.2 Å². The fraction of sp³-hybridized carbons (Fsp3) is 0.828. The first-order valence-corrected chi connectivity index (χ1v) is 33.0. The van der Waals surface area contributed by atoms with Crippen LogP contribution in [0.5, 0.6) is 0 Å². The number of phosphoric ester groups is 1. The zero-order chi connectivity index (χ0) is 55.5. The number of unbranched alkanes of at least 4 members (excludes halogenated alkanes) is 34. The Kier molecular flexibility index (Phi) is 56.6. The highest BCUT2D eigenvalue weighted by Crippen LogP contribution is 2.43. The number of rotatable bonds is 59. The normalized spacial score (nSPS) is 13.6. The van der Waals surface area contributed by atoms with E-state index in [1.165, 1.54) is 141 Å². The SMILES string of the molecule is CCC/C=C\C/C=C\CCCCCCCC(=O)OC(CO)COP(=O)(O)OCC(COC(=O)CCCCCCCCCCCCCCCCCCCCC)OC(=O)CCCCCCCCC/C=C\C/C=C\CCCCC. The number of esters is 3. The molecule has 0 aromatic rings. The number of ether oxygens (including phenoxy) is 3. The highest BCUT2D eigenvalue weighted by Gasteiger charge is 2.28. The summed E-state index contributed by atoms with van der Waals surface area (Å²) in [5.41, 5.74) is 0. The van der Waals surface area contributed by atoms with Crippen molar-refractivity contribution in [2.24, 2.45) is 0 Å². The van der Waals surface area contributed by atoms with Gasteiger partial charge in [0.05, 0.1) is 19.8 Å². The van der Waals surface area contributed by atoms with E-state index in [0.717, 1.165) is 103 Å². The number of hydrogen-bond donors (Lipinski definition) is 2. The molecule has 0 aromatic carbocycles. The molecular weight excluding hydrogens is 976 g/mol. The average molecular weight is 1090 g/mol. The third-order valence-electron chi connectivity index (χ3n) is 13.7. The summed E-state index contributed by atoms with van der Waals surface area (Å²) in [5.74, 6) is -1.47. The Hall–Kier alpha value is -2.56. The molecular formula is C64H117O11P. The Morgan fingerprint density at radius 2 is 0.671 bits per heavy atom. The molecule has 0 aliphatic heterocycles. The Morgan fingerprint density at radius 3 is 1.05 bits per heavy atom. The molecule has 11 nitrogen and oxygen atoms in total. The molecule has 0 radical (unpaired) electrons. The standard InChI is InChI=1S/C64H117O11P/c1-4-7-10-13-16-19-22-25-27-29-30-32-33-36-38-41-44-47-50-53-62(66)71-57-61(75-64(68)55-52-49-46-43-40-37-34-31-28-26-23-20-17-14-11-8-5-2)59-73-76(69,70)72-58-60(56-65)74-63(67)54-51-48-45-42-39-35-24-21-18-15-12-9-6-3/h12,15,17,20-21,24,26,28,60-61,65H,4-11,13-14,16,18-19,22-23,25,27,29-59H2,1-3H3,(H,69,70)/b15-12-,20-17-,24-21-,28-26-. The van der Waals surface area contributed by atoms with Crippen molar-refractivity contribution < 1.29 is 52.2 Å². The minimum Gasteiger partial charge on any atom is -0.462 e. The van der Waals surface area contributed by atoms with Crippen LogP contribution in [0.15, 0.2) is 48.6 Å². The Bertz CT molecular complexity index is 1460. The van der Waals surface area contributed by atoms with Gasteiger partial charge in [0, 0.05) is 19.3 Å². The van der Waals surface area contributed by atoms with Crippen LogP contribution in [0.2, 0.25) is 0 Å². The van der Waals surface area contributed by atoms with E-state index < -0.39 is 57.8 Å². The molecule has 0 saturated heterocycles. The summed E-state index contributed by atoms with van der Waals surface area (Å²) in [6.45, 7) is 4.58. The molecule has 2 N–H and O–H groups in total. The van der Waals surface area contributed by atoms with Crippen molar-refractivity contribution in [3.05, 3.63) is 48.6 Å². The molecule has 0 heterocycles. The number of aliphatic hydroxyl groups excluding tert-OH is 1. The van der Waals surface area contributed by atoms with E-state index in [4.69, 9.17) is 23.3 Å². The van der Waals surface area contributed by atoms with Crippen LogP contribution in [0, 0.1) is 0 Å². The number of aliphatic hydroxyl groups is 1. The van der Waals surface area contributed by atoms with Gasteiger partial charge in [0.25, 0.3) is 0 Å². The average Bonchev–Trinajstić information content (AvgIpc) is 3.41. The largest absolute Gasteiger partial charge is 0.472 e. The zero-order valence-electron chi connectivity index (χ0n) is 49.2. The predicted molar refractivity (Wildman–Crippen MR) is 316 cm³/mol. The fourth-order valence-electron chi connectivity index (χ4n) is 8.90. The van der Waals surface area contributed by atoms with Crippen LogP contribution >= 0.6 is 7.82 Å². The lowest BCUT2D eigenvalue weighted by Crippen LogP contribution is -2.30. The molecule has 0 amide bonds. The Labute approximate surface area is 466 Å². The quantitative estimate of drug-likeness (QED) is 0.0197. The van der Waals surface area contributed by atoms with Crippen molar-refractivity contribution in [2.45, 2.75) is 315 Å². The van der Waals surface area contributed by atoms with Gasteiger partial charge in [-0.05, 0) is 77.0 Å². The summed E-state index contributed by atoms with van der Waals surface area (Å²) in [5, 5.41) is 9.82. The van der Waals surface area contributed by atoms with Crippen molar-refractivity contribution in [2.75, 3.05) is 26.4 Å². The van der Waals surface area contributed by atoms with Crippen LogP contribution in [0.25, 0.3) is 0 Å². The summed E-state index contributed by atoms with van der Waals surface area (Å²) < 4.78 is 39.6. The smallest absolute Gasteiger partial charge is 0.462 e. The summed E-state index contributed by atoms with van der Waals surface area (Å²) >= 11 is 0. The van der Waals surface area contributed by atoms with Crippen molar-refractivity contribution in [3.8, 4) is 0 Å². The number of carbonyl (C=O) groups is 3. The molecule has 0 spiro atoms. The molecule has 0 fully saturated rings. The van der Waals surface area contributed by atoms with Gasteiger partial charge in [-0.1, -0.05) is 256 Å². The second kappa shape index (κ2) is 58.6. The maximum absolute atomic E-state index is 12.9. The minimum absolute atomic E-state index is 0.160. The van der Waals surface area contributed by atoms with Crippen LogP contribution in [0.1, 0.15) is 303 Å². The molecule has 3 unspecified atom stereocenters. The third-order valence-corrected chi connectivity index (χ3v) is 14.7. The van der Waals surface area contributed by atoms with Crippen molar-refractivity contribution in [1.29, 1.82) is 0 Å². The second-order valence-corrected chi connectivity index (χ2v) is 22.7. The van der Waals surface area contributed by atoms with E-state index in [1.807, 2.05) is 0 Å². The summed E-state index contributed by atoms with van der Waals surface area (Å²) in [6.07, 6.45) is 63.5. The minimum atomic E-state index is -4.75. The van der Waals surface area contributed by atoms with Gasteiger partial charge in [-0.2, -0.15) is 0 Å². The van der Waals surface area contributed by atoms with E-state index in [1.54, 1.807) is 0 Å². The topological polar surface area (TPSA) is 155 Å². The van der Waals surface area contributed by atoms with Crippen LogP contribution in [-0.4, -0.2) is 66.5 Å². The van der Waals surface area contributed by atoms with Gasteiger partial charge in [-0.25, -0.2) is 4.57 Å². The van der Waals surface area contributed by atoms with Crippen LogP contribution in [0.3, 0.4) is 0 Å². The Morgan fingerprint density at radius 1 is 0.368 bits per heavy atom. The van der Waals surface area contributed by atoms with Gasteiger partial charge < -0.3 is 24.2 Å². The molecule has 0 bridgehead atoms. The molecule has 444 valence electrons. The van der Waals surface area contributed by atoms with E-state index >= 15 is 0 Å². The van der Waals surface area contributed by atoms with Crippen molar-refractivity contribution in [1.82, 2.24) is 0 Å². The number of carbonyl (C=O) groups excluding carboxylic acids is 3. The van der Waals surface area contributed by atoms with Crippen molar-refractivity contribution in [3.63, 3.8) is 0 Å². The van der Waals surface area contributed by atoms with Gasteiger partial charge in [-0.15, -0.1) is 0 Å². The molecule has 0 aromatic heterocycles. The summed E-state index contributed by atoms with van der Waals surface area (Å²) in [4.78, 5) is 48.7. The fourth-order valence-corrected chi connectivity index (χ4v) is 9.68. The lowest BCUT2D eigenvalue weighted by molar-refractivity contribution is -0.161. The van der Waals surface area contributed by atoms with Crippen molar-refractivity contribution >= 4 is 25.7 Å². The molecule has 76 heavy (non-hydrogen) atoms. The van der Waals surface area contributed by atoms with E-state index in [0.29, 0.717) is 19.3 Å². The highest BCUT2D eigenvalue weighted by molar-refractivity contribution is 7.47.